The van der Waals surface area contributed by atoms with Gasteiger partial charge in [0, 0.05) is 25.0 Å². The van der Waals surface area contributed by atoms with E-state index in [-0.39, 0.29) is 12.0 Å². The number of nitrogens with one attached hydrogen (secondary N) is 2. The second kappa shape index (κ2) is 4.61. The predicted octanol–water partition coefficient (Wildman–Crippen LogP) is -1.09. The summed E-state index contributed by atoms with van der Waals surface area (Å²) in [6.45, 7) is 6.02. The number of aliphatic hydroxyl groups excluding tert-OH is 2. The summed E-state index contributed by atoms with van der Waals surface area (Å²) < 4.78 is 0. The van der Waals surface area contributed by atoms with E-state index in [1.54, 1.807) is 0 Å². The Labute approximate surface area is 84.2 Å². The lowest BCUT2D eigenvalue weighted by atomic mass is 9.93. The van der Waals surface area contributed by atoms with Crippen LogP contribution in [0.2, 0.25) is 0 Å². The minimum absolute atomic E-state index is 0.195. The molecule has 5 nitrogen and oxygen atoms in total. The minimum Gasteiger partial charge on any atom is -0.394 e. The van der Waals surface area contributed by atoms with Crippen LogP contribution in [0.5, 0.6) is 0 Å². The molecule has 1 rings (SSSR count). The van der Waals surface area contributed by atoms with Crippen molar-refractivity contribution >= 4 is 5.96 Å². The van der Waals surface area contributed by atoms with E-state index in [1.165, 1.54) is 0 Å². The van der Waals surface area contributed by atoms with Crippen molar-refractivity contribution in [3.8, 4) is 0 Å². The zero-order valence-corrected chi connectivity index (χ0v) is 8.75. The van der Waals surface area contributed by atoms with Crippen molar-refractivity contribution in [1.82, 2.24) is 10.6 Å². The number of aliphatic hydroxyl groups is 2. The maximum Gasteiger partial charge on any atom is 0.191 e. The molecule has 5 heteroatoms. The Morgan fingerprint density at radius 1 is 1.64 bits per heavy atom. The molecule has 82 valence electrons. The van der Waals surface area contributed by atoms with Crippen LogP contribution in [0.3, 0.4) is 0 Å². The summed E-state index contributed by atoms with van der Waals surface area (Å²) in [4.78, 5) is 4.29. The summed E-state index contributed by atoms with van der Waals surface area (Å²) in [6, 6.07) is 0. The van der Waals surface area contributed by atoms with E-state index in [1.807, 2.05) is 0 Å². The molecule has 0 aromatic carbocycles. The average Bonchev–Trinajstić information content (AvgIpc) is 2.16. The monoisotopic (exact) mass is 201 g/mol. The predicted molar refractivity (Wildman–Crippen MR) is 55.2 cm³/mol. The van der Waals surface area contributed by atoms with E-state index in [0.717, 1.165) is 13.1 Å². The van der Waals surface area contributed by atoms with E-state index in [2.05, 4.69) is 29.5 Å². The van der Waals surface area contributed by atoms with Gasteiger partial charge in [-0.2, -0.15) is 0 Å². The SMILES string of the molecule is CC1(C)CN=C(NCC(O)CO)NC1. The van der Waals surface area contributed by atoms with Gasteiger partial charge in [-0.15, -0.1) is 0 Å². The maximum atomic E-state index is 9.10. The third-order valence-corrected chi connectivity index (χ3v) is 2.12. The van der Waals surface area contributed by atoms with Crippen LogP contribution in [-0.4, -0.2) is 48.5 Å². The summed E-state index contributed by atoms with van der Waals surface area (Å²) >= 11 is 0. The van der Waals surface area contributed by atoms with E-state index >= 15 is 0 Å². The summed E-state index contributed by atoms with van der Waals surface area (Å²) in [5, 5.41) is 23.8. The van der Waals surface area contributed by atoms with Crippen molar-refractivity contribution in [2.75, 3.05) is 26.2 Å². The fourth-order valence-corrected chi connectivity index (χ4v) is 1.13. The van der Waals surface area contributed by atoms with E-state index in [0.29, 0.717) is 12.5 Å². The molecule has 1 atom stereocenters. The first kappa shape index (κ1) is 11.3. The quantitative estimate of drug-likeness (QED) is 0.468. The molecule has 4 N–H and O–H groups in total. The molecule has 0 saturated heterocycles. The highest BCUT2D eigenvalue weighted by molar-refractivity contribution is 5.80. The fraction of sp³-hybridized carbons (Fsp3) is 0.889. The summed E-state index contributed by atoms with van der Waals surface area (Å²) in [5.41, 5.74) is 0.195. The molecule has 0 aliphatic carbocycles. The number of hydrogen-bond acceptors (Lipinski definition) is 5. The number of aliphatic imine (C=N–C) groups is 1. The molecule has 0 aromatic rings. The topological polar surface area (TPSA) is 76.9 Å². The molecular formula is C9H19N3O2. The molecule has 0 saturated carbocycles. The first-order chi connectivity index (χ1) is 6.53. The first-order valence-corrected chi connectivity index (χ1v) is 4.84. The molecule has 1 aliphatic heterocycles. The minimum atomic E-state index is -0.727. The van der Waals surface area contributed by atoms with Gasteiger partial charge in [-0.3, -0.25) is 4.99 Å². The number of rotatable bonds is 3. The van der Waals surface area contributed by atoms with Gasteiger partial charge < -0.3 is 20.8 Å². The lowest BCUT2D eigenvalue weighted by molar-refractivity contribution is 0.0979. The van der Waals surface area contributed by atoms with Crippen LogP contribution in [0.4, 0.5) is 0 Å². The highest BCUT2D eigenvalue weighted by atomic mass is 16.3. The van der Waals surface area contributed by atoms with E-state index in [4.69, 9.17) is 10.2 Å². The van der Waals surface area contributed by atoms with Crippen LogP contribution < -0.4 is 10.6 Å². The molecule has 1 aliphatic rings. The average molecular weight is 201 g/mol. The van der Waals surface area contributed by atoms with Crippen molar-refractivity contribution in [3.63, 3.8) is 0 Å². The van der Waals surface area contributed by atoms with Crippen LogP contribution >= 0.6 is 0 Å². The van der Waals surface area contributed by atoms with Crippen molar-refractivity contribution in [3.05, 3.63) is 0 Å². The maximum absolute atomic E-state index is 9.10. The molecule has 0 bridgehead atoms. The van der Waals surface area contributed by atoms with Gasteiger partial charge in [0.25, 0.3) is 0 Å². The largest absolute Gasteiger partial charge is 0.394 e. The van der Waals surface area contributed by atoms with Crippen molar-refractivity contribution in [2.24, 2.45) is 10.4 Å². The molecular weight excluding hydrogens is 182 g/mol. The van der Waals surface area contributed by atoms with Crippen LogP contribution in [0.1, 0.15) is 13.8 Å². The lowest BCUT2D eigenvalue weighted by Gasteiger charge is -2.29. The van der Waals surface area contributed by atoms with Gasteiger partial charge in [0.2, 0.25) is 0 Å². The van der Waals surface area contributed by atoms with Crippen molar-refractivity contribution < 1.29 is 10.2 Å². The fourth-order valence-electron chi connectivity index (χ4n) is 1.13. The zero-order chi connectivity index (χ0) is 10.6. The van der Waals surface area contributed by atoms with Crippen LogP contribution in [0, 0.1) is 5.41 Å². The Kier molecular flexibility index (Phi) is 3.71. The first-order valence-electron chi connectivity index (χ1n) is 4.84. The summed E-state index contributed by atoms with van der Waals surface area (Å²) in [6.07, 6.45) is -0.727. The van der Waals surface area contributed by atoms with Crippen molar-refractivity contribution in [2.45, 2.75) is 20.0 Å². The third-order valence-electron chi connectivity index (χ3n) is 2.12. The zero-order valence-electron chi connectivity index (χ0n) is 8.75. The normalized spacial score (nSPS) is 22.1. The van der Waals surface area contributed by atoms with Crippen LogP contribution in [0.25, 0.3) is 0 Å². The van der Waals surface area contributed by atoms with Crippen LogP contribution in [0.15, 0.2) is 4.99 Å². The molecule has 1 heterocycles. The third kappa shape index (κ3) is 3.51. The van der Waals surface area contributed by atoms with Gasteiger partial charge in [-0.25, -0.2) is 0 Å². The van der Waals surface area contributed by atoms with Gasteiger partial charge in [-0.1, -0.05) is 13.8 Å². The van der Waals surface area contributed by atoms with Gasteiger partial charge in [0.1, 0.15) is 0 Å². The van der Waals surface area contributed by atoms with E-state index < -0.39 is 6.10 Å². The Morgan fingerprint density at radius 2 is 2.36 bits per heavy atom. The number of nitrogens with zero attached hydrogens (tertiary/aromatic N) is 1. The van der Waals surface area contributed by atoms with Crippen molar-refractivity contribution in [1.29, 1.82) is 0 Å². The second-order valence-electron chi connectivity index (χ2n) is 4.40. The highest BCUT2D eigenvalue weighted by Gasteiger charge is 2.22. The molecule has 0 spiro atoms. The Balaban J connectivity index is 2.30. The molecule has 0 aromatic heterocycles. The van der Waals surface area contributed by atoms with Gasteiger partial charge in [-0.05, 0) is 0 Å². The molecule has 14 heavy (non-hydrogen) atoms. The smallest absolute Gasteiger partial charge is 0.191 e. The van der Waals surface area contributed by atoms with Gasteiger partial charge in [0.15, 0.2) is 5.96 Å². The van der Waals surface area contributed by atoms with E-state index in [9.17, 15) is 0 Å². The summed E-state index contributed by atoms with van der Waals surface area (Å²) in [7, 11) is 0. The van der Waals surface area contributed by atoms with Gasteiger partial charge >= 0.3 is 0 Å². The molecule has 0 fully saturated rings. The molecule has 1 unspecified atom stereocenters. The van der Waals surface area contributed by atoms with Gasteiger partial charge in [0.05, 0.1) is 12.7 Å². The second-order valence-corrected chi connectivity index (χ2v) is 4.40. The van der Waals surface area contributed by atoms with Crippen LogP contribution in [-0.2, 0) is 0 Å². The molecule has 0 radical (unpaired) electrons. The molecule has 0 amide bonds. The summed E-state index contributed by atoms with van der Waals surface area (Å²) in [5.74, 6) is 0.705. The number of hydrogen-bond donors (Lipinski definition) is 4. The highest BCUT2D eigenvalue weighted by Crippen LogP contribution is 2.15. The standard InChI is InChI=1S/C9H19N3O2/c1-9(2)5-11-8(12-6-9)10-3-7(14)4-13/h7,13-14H,3-6H2,1-2H3,(H2,10,11,12). The lowest BCUT2D eigenvalue weighted by Crippen LogP contribution is -2.49. The Hall–Kier alpha value is -0.810. The Bertz CT molecular complexity index is 216. The Morgan fingerprint density at radius 3 is 2.86 bits per heavy atom. The number of guanidine groups is 1.